The molecule has 1 aromatic rings. The Morgan fingerprint density at radius 1 is 1.29 bits per heavy atom. The third-order valence-corrected chi connectivity index (χ3v) is 3.21. The zero-order valence-corrected chi connectivity index (χ0v) is 10.5. The molecule has 14 heavy (non-hydrogen) atoms. The molecule has 0 amide bonds. The average molecular weight is 257 g/mol. The highest BCUT2D eigenvalue weighted by Crippen LogP contribution is 2.32. The Morgan fingerprint density at radius 3 is 2.43 bits per heavy atom. The summed E-state index contributed by atoms with van der Waals surface area (Å²) in [5.41, 5.74) is 1.29. The maximum atomic E-state index is 5.36. The van der Waals surface area contributed by atoms with Gasteiger partial charge in [-0.05, 0) is 23.5 Å². The Morgan fingerprint density at radius 2 is 1.93 bits per heavy atom. The number of hydrogen-bond donors (Lipinski definition) is 0. The Kier molecular flexibility index (Phi) is 4.46. The fourth-order valence-electron chi connectivity index (χ4n) is 1.59. The Balaban J connectivity index is 3.02. The molecule has 0 aliphatic rings. The molecule has 0 saturated heterocycles. The minimum Gasteiger partial charge on any atom is -0.496 e. The summed E-state index contributed by atoms with van der Waals surface area (Å²) in [6.07, 6.45) is 0. The summed E-state index contributed by atoms with van der Waals surface area (Å²) in [6, 6.07) is 8.24. The lowest BCUT2D eigenvalue weighted by Crippen LogP contribution is -2.09. The number of rotatable bonds is 4. The van der Waals surface area contributed by atoms with Crippen molar-refractivity contribution < 1.29 is 4.74 Å². The topological polar surface area (TPSA) is 9.23 Å². The number of alkyl halides is 1. The minimum absolute atomic E-state index is 0.520. The zero-order chi connectivity index (χ0) is 10.6. The SMILES string of the molecule is COc1ccccc1C(CBr)C(C)C. The van der Waals surface area contributed by atoms with Crippen LogP contribution in [0.3, 0.4) is 0 Å². The molecule has 0 radical (unpaired) electrons. The van der Waals surface area contributed by atoms with Crippen LogP contribution in [0.2, 0.25) is 0 Å². The van der Waals surface area contributed by atoms with E-state index in [1.165, 1.54) is 5.56 Å². The van der Waals surface area contributed by atoms with Crippen molar-refractivity contribution in [3.8, 4) is 5.75 Å². The van der Waals surface area contributed by atoms with Crippen molar-refractivity contribution in [2.45, 2.75) is 19.8 Å². The molecule has 0 aromatic heterocycles. The van der Waals surface area contributed by atoms with E-state index in [2.05, 4.69) is 41.9 Å². The molecule has 0 N–H and O–H groups in total. The molecule has 0 spiro atoms. The molecule has 0 bridgehead atoms. The van der Waals surface area contributed by atoms with E-state index in [4.69, 9.17) is 4.74 Å². The van der Waals surface area contributed by atoms with Crippen LogP contribution in [0.15, 0.2) is 24.3 Å². The van der Waals surface area contributed by atoms with Gasteiger partial charge in [-0.2, -0.15) is 0 Å². The smallest absolute Gasteiger partial charge is 0.122 e. The van der Waals surface area contributed by atoms with Gasteiger partial charge in [0.15, 0.2) is 0 Å². The number of methoxy groups -OCH3 is 1. The van der Waals surface area contributed by atoms with Crippen LogP contribution >= 0.6 is 15.9 Å². The minimum atomic E-state index is 0.520. The van der Waals surface area contributed by atoms with Gasteiger partial charge < -0.3 is 4.74 Å². The first-order chi connectivity index (χ1) is 6.70. The molecule has 1 rings (SSSR count). The van der Waals surface area contributed by atoms with Crippen molar-refractivity contribution in [3.05, 3.63) is 29.8 Å². The molecule has 2 heteroatoms. The van der Waals surface area contributed by atoms with E-state index >= 15 is 0 Å². The first kappa shape index (κ1) is 11.6. The van der Waals surface area contributed by atoms with Gasteiger partial charge in [0.1, 0.15) is 5.75 Å². The standard InChI is InChI=1S/C12H17BrO/c1-9(2)11(8-13)10-6-4-5-7-12(10)14-3/h4-7,9,11H,8H2,1-3H3. The number of hydrogen-bond acceptors (Lipinski definition) is 1. The third-order valence-electron chi connectivity index (χ3n) is 2.51. The molecular formula is C12H17BrO. The first-order valence-electron chi connectivity index (χ1n) is 4.89. The van der Waals surface area contributed by atoms with E-state index in [1.807, 2.05) is 12.1 Å². The van der Waals surface area contributed by atoms with Crippen LogP contribution in [-0.4, -0.2) is 12.4 Å². The molecule has 1 nitrogen and oxygen atoms in total. The second-order valence-electron chi connectivity index (χ2n) is 3.75. The van der Waals surface area contributed by atoms with E-state index in [0.29, 0.717) is 11.8 Å². The summed E-state index contributed by atoms with van der Waals surface area (Å²) in [7, 11) is 1.73. The van der Waals surface area contributed by atoms with Crippen molar-refractivity contribution >= 4 is 15.9 Å². The van der Waals surface area contributed by atoms with Crippen LogP contribution in [0.4, 0.5) is 0 Å². The molecule has 0 heterocycles. The highest BCUT2D eigenvalue weighted by atomic mass is 79.9. The summed E-state index contributed by atoms with van der Waals surface area (Å²) in [6.45, 7) is 4.47. The van der Waals surface area contributed by atoms with E-state index in [0.717, 1.165) is 11.1 Å². The molecule has 1 atom stereocenters. The first-order valence-corrected chi connectivity index (χ1v) is 6.01. The predicted octanol–water partition coefficient (Wildman–Crippen LogP) is 3.83. The van der Waals surface area contributed by atoms with E-state index in [9.17, 15) is 0 Å². The molecule has 0 fully saturated rings. The van der Waals surface area contributed by atoms with E-state index in [-0.39, 0.29) is 0 Å². The van der Waals surface area contributed by atoms with Gasteiger partial charge in [-0.3, -0.25) is 0 Å². The Bertz CT molecular complexity index is 283. The summed E-state index contributed by atoms with van der Waals surface area (Å²) < 4.78 is 5.36. The highest BCUT2D eigenvalue weighted by Gasteiger charge is 2.17. The Hall–Kier alpha value is -0.500. The summed E-state index contributed by atoms with van der Waals surface area (Å²) in [5, 5.41) is 0.977. The second kappa shape index (κ2) is 5.40. The number of para-hydroxylation sites is 1. The molecule has 0 saturated carbocycles. The number of ether oxygens (including phenoxy) is 1. The molecule has 78 valence electrons. The van der Waals surface area contributed by atoms with Crippen LogP contribution in [0.1, 0.15) is 25.3 Å². The average Bonchev–Trinajstić information content (AvgIpc) is 2.19. The normalized spacial score (nSPS) is 12.9. The van der Waals surface area contributed by atoms with Crippen LogP contribution in [0.25, 0.3) is 0 Å². The van der Waals surface area contributed by atoms with Crippen LogP contribution < -0.4 is 4.74 Å². The predicted molar refractivity (Wildman–Crippen MR) is 64.4 cm³/mol. The Labute approximate surface area is 94.6 Å². The van der Waals surface area contributed by atoms with Crippen molar-refractivity contribution in [1.29, 1.82) is 0 Å². The fourth-order valence-corrected chi connectivity index (χ4v) is 2.69. The number of halogens is 1. The zero-order valence-electron chi connectivity index (χ0n) is 8.96. The fraction of sp³-hybridized carbons (Fsp3) is 0.500. The third kappa shape index (κ3) is 2.50. The van der Waals surface area contributed by atoms with Crippen LogP contribution in [0.5, 0.6) is 5.75 Å². The van der Waals surface area contributed by atoms with Gasteiger partial charge in [0.05, 0.1) is 7.11 Å². The van der Waals surface area contributed by atoms with Crippen molar-refractivity contribution in [1.82, 2.24) is 0 Å². The van der Waals surface area contributed by atoms with Crippen molar-refractivity contribution in [2.75, 3.05) is 12.4 Å². The van der Waals surface area contributed by atoms with Gasteiger partial charge >= 0.3 is 0 Å². The van der Waals surface area contributed by atoms with Gasteiger partial charge in [-0.25, -0.2) is 0 Å². The second-order valence-corrected chi connectivity index (χ2v) is 4.39. The molecule has 0 aliphatic heterocycles. The molecule has 1 unspecified atom stereocenters. The van der Waals surface area contributed by atoms with Gasteiger partial charge in [0.2, 0.25) is 0 Å². The summed E-state index contributed by atoms with van der Waals surface area (Å²) in [4.78, 5) is 0. The molecule has 0 aliphatic carbocycles. The van der Waals surface area contributed by atoms with Gasteiger partial charge in [0, 0.05) is 5.33 Å². The van der Waals surface area contributed by atoms with Gasteiger partial charge in [-0.15, -0.1) is 0 Å². The lowest BCUT2D eigenvalue weighted by molar-refractivity contribution is 0.400. The van der Waals surface area contributed by atoms with Crippen molar-refractivity contribution in [3.63, 3.8) is 0 Å². The lowest BCUT2D eigenvalue weighted by Gasteiger charge is -2.20. The van der Waals surface area contributed by atoms with Crippen LogP contribution in [0, 0.1) is 5.92 Å². The lowest BCUT2D eigenvalue weighted by atomic mass is 9.90. The maximum absolute atomic E-state index is 5.36. The van der Waals surface area contributed by atoms with E-state index < -0.39 is 0 Å². The van der Waals surface area contributed by atoms with Gasteiger partial charge in [-0.1, -0.05) is 48.0 Å². The quantitative estimate of drug-likeness (QED) is 0.745. The van der Waals surface area contributed by atoms with E-state index in [1.54, 1.807) is 7.11 Å². The largest absolute Gasteiger partial charge is 0.496 e. The highest BCUT2D eigenvalue weighted by molar-refractivity contribution is 9.09. The van der Waals surface area contributed by atoms with Gasteiger partial charge in [0.25, 0.3) is 0 Å². The summed E-state index contributed by atoms with van der Waals surface area (Å²) in [5.74, 6) is 2.13. The van der Waals surface area contributed by atoms with Crippen LogP contribution in [-0.2, 0) is 0 Å². The molecular weight excluding hydrogens is 240 g/mol. The van der Waals surface area contributed by atoms with Crippen molar-refractivity contribution in [2.24, 2.45) is 5.92 Å². The summed E-state index contributed by atoms with van der Waals surface area (Å²) >= 11 is 3.56. The number of benzene rings is 1. The molecule has 1 aromatic carbocycles. The maximum Gasteiger partial charge on any atom is 0.122 e. The monoisotopic (exact) mass is 256 g/mol.